The molecule has 4 rings (SSSR count). The van der Waals surface area contributed by atoms with Crippen LogP contribution in [0.2, 0.25) is 0 Å². The van der Waals surface area contributed by atoms with Crippen LogP contribution in [0.4, 0.5) is 0 Å². The van der Waals surface area contributed by atoms with Crippen LogP contribution in [0.5, 0.6) is 0 Å². The molecule has 0 aliphatic carbocycles. The first-order chi connectivity index (χ1) is 12.6. The average molecular weight is 445 g/mol. The Bertz CT molecular complexity index is 925. The van der Waals surface area contributed by atoms with E-state index in [1.807, 2.05) is 66.1 Å². The summed E-state index contributed by atoms with van der Waals surface area (Å²) in [7, 11) is 0. The van der Waals surface area contributed by atoms with Crippen molar-refractivity contribution in [2.75, 3.05) is 12.3 Å². The van der Waals surface area contributed by atoms with Crippen LogP contribution < -0.4 is 0 Å². The summed E-state index contributed by atoms with van der Waals surface area (Å²) >= 11 is 6.78. The van der Waals surface area contributed by atoms with E-state index in [1.165, 1.54) is 11.3 Å². The lowest BCUT2D eigenvalue weighted by Gasteiger charge is -2.23. The standard InChI is InChI=1S/C20H17BrN2OS2/c1-13-17(26-18(22-13)14-5-3-2-4-6-14)19(24)23-11-12-25-20(23)15-7-9-16(21)10-8-15/h2-10,20H,11-12H2,1H3. The van der Waals surface area contributed by atoms with Gasteiger partial charge in [0.15, 0.2) is 0 Å². The number of carbonyl (C=O) groups excluding carboxylic acids is 1. The number of aromatic nitrogens is 1. The summed E-state index contributed by atoms with van der Waals surface area (Å²) in [6.07, 6.45) is 0. The summed E-state index contributed by atoms with van der Waals surface area (Å²) in [5.74, 6) is 1.04. The van der Waals surface area contributed by atoms with Crippen LogP contribution in [0, 0.1) is 6.92 Å². The van der Waals surface area contributed by atoms with Gasteiger partial charge in [0.05, 0.1) is 5.69 Å². The Hall–Kier alpha value is -1.63. The third kappa shape index (κ3) is 3.46. The molecule has 0 N–H and O–H groups in total. The fraction of sp³-hybridized carbons (Fsp3) is 0.200. The molecular weight excluding hydrogens is 428 g/mol. The Labute approximate surface area is 169 Å². The molecule has 1 aliphatic rings. The van der Waals surface area contributed by atoms with Crippen LogP contribution in [0.1, 0.15) is 26.3 Å². The minimum atomic E-state index is 0.0669. The molecule has 1 atom stereocenters. The lowest BCUT2D eigenvalue weighted by Crippen LogP contribution is -2.30. The molecule has 0 radical (unpaired) electrons. The summed E-state index contributed by atoms with van der Waals surface area (Å²) < 4.78 is 1.05. The van der Waals surface area contributed by atoms with Gasteiger partial charge in [-0.2, -0.15) is 0 Å². The second-order valence-electron chi connectivity index (χ2n) is 6.07. The number of thioether (sulfide) groups is 1. The number of aryl methyl sites for hydroxylation is 1. The molecule has 3 aromatic rings. The summed E-state index contributed by atoms with van der Waals surface area (Å²) in [6.45, 7) is 2.69. The maximum atomic E-state index is 13.2. The summed E-state index contributed by atoms with van der Waals surface area (Å²) in [4.78, 5) is 20.6. The molecule has 132 valence electrons. The van der Waals surface area contributed by atoms with Gasteiger partial charge < -0.3 is 4.90 Å². The number of thiazole rings is 1. The Morgan fingerprint density at radius 1 is 1.15 bits per heavy atom. The van der Waals surface area contributed by atoms with Gasteiger partial charge in [0, 0.05) is 22.3 Å². The average Bonchev–Trinajstić information content (AvgIpc) is 3.29. The molecule has 0 saturated carbocycles. The molecule has 26 heavy (non-hydrogen) atoms. The Morgan fingerprint density at radius 2 is 1.88 bits per heavy atom. The highest BCUT2D eigenvalue weighted by atomic mass is 79.9. The van der Waals surface area contributed by atoms with Gasteiger partial charge in [0.1, 0.15) is 15.3 Å². The van der Waals surface area contributed by atoms with Gasteiger partial charge in [0.2, 0.25) is 0 Å². The van der Waals surface area contributed by atoms with E-state index in [9.17, 15) is 4.79 Å². The van der Waals surface area contributed by atoms with Crippen molar-refractivity contribution in [1.29, 1.82) is 0 Å². The van der Waals surface area contributed by atoms with Gasteiger partial charge >= 0.3 is 0 Å². The van der Waals surface area contributed by atoms with Crippen molar-refractivity contribution in [3.63, 3.8) is 0 Å². The number of nitrogens with zero attached hydrogens (tertiary/aromatic N) is 2. The quantitative estimate of drug-likeness (QED) is 0.513. The van der Waals surface area contributed by atoms with Gasteiger partial charge in [-0.05, 0) is 24.6 Å². The Morgan fingerprint density at radius 3 is 2.62 bits per heavy atom. The van der Waals surface area contributed by atoms with Crippen molar-refractivity contribution in [3.05, 3.63) is 75.2 Å². The number of rotatable bonds is 3. The van der Waals surface area contributed by atoms with Crippen LogP contribution in [-0.2, 0) is 0 Å². The molecule has 1 unspecified atom stereocenters. The molecule has 1 aliphatic heterocycles. The van der Waals surface area contributed by atoms with Crippen molar-refractivity contribution in [1.82, 2.24) is 9.88 Å². The minimum Gasteiger partial charge on any atom is -0.321 e. The third-order valence-corrected chi connectivity index (χ3v) is 7.30. The summed E-state index contributed by atoms with van der Waals surface area (Å²) in [6, 6.07) is 18.3. The largest absolute Gasteiger partial charge is 0.321 e. The van der Waals surface area contributed by atoms with E-state index in [1.54, 1.807) is 0 Å². The molecule has 3 nitrogen and oxygen atoms in total. The molecule has 0 bridgehead atoms. The zero-order valence-corrected chi connectivity index (χ0v) is 17.4. The zero-order valence-electron chi connectivity index (χ0n) is 14.2. The van der Waals surface area contributed by atoms with Crippen LogP contribution in [0.25, 0.3) is 10.6 Å². The molecule has 1 fully saturated rings. The molecular formula is C20H17BrN2OS2. The second kappa shape index (κ2) is 7.55. The molecule has 0 spiro atoms. The summed E-state index contributed by atoms with van der Waals surface area (Å²) in [5.41, 5.74) is 3.03. The number of halogens is 1. The van der Waals surface area contributed by atoms with Gasteiger partial charge in [-0.1, -0.05) is 58.4 Å². The van der Waals surface area contributed by atoms with E-state index in [0.717, 1.165) is 43.5 Å². The Kier molecular flexibility index (Phi) is 5.16. The monoisotopic (exact) mass is 444 g/mol. The van der Waals surface area contributed by atoms with E-state index in [0.29, 0.717) is 0 Å². The maximum Gasteiger partial charge on any atom is 0.267 e. The molecule has 2 heterocycles. The first kappa shape index (κ1) is 17.8. The van der Waals surface area contributed by atoms with Gasteiger partial charge in [-0.15, -0.1) is 23.1 Å². The normalized spacial score (nSPS) is 16.8. The molecule has 6 heteroatoms. The lowest BCUT2D eigenvalue weighted by molar-refractivity contribution is 0.0764. The first-order valence-electron chi connectivity index (χ1n) is 8.34. The van der Waals surface area contributed by atoms with Crippen molar-refractivity contribution < 1.29 is 4.79 Å². The lowest BCUT2D eigenvalue weighted by atomic mass is 10.2. The van der Waals surface area contributed by atoms with Crippen LogP contribution in [0.3, 0.4) is 0 Å². The van der Waals surface area contributed by atoms with Gasteiger partial charge in [-0.25, -0.2) is 4.98 Å². The fourth-order valence-electron chi connectivity index (χ4n) is 3.01. The predicted octanol–water partition coefficient (Wildman–Crippen LogP) is 5.77. The number of benzene rings is 2. The van der Waals surface area contributed by atoms with Gasteiger partial charge in [-0.3, -0.25) is 4.79 Å². The van der Waals surface area contributed by atoms with Crippen LogP contribution in [-0.4, -0.2) is 28.1 Å². The van der Waals surface area contributed by atoms with E-state index < -0.39 is 0 Å². The van der Waals surface area contributed by atoms with Crippen molar-refractivity contribution in [3.8, 4) is 10.6 Å². The van der Waals surface area contributed by atoms with Crippen LogP contribution in [0.15, 0.2) is 59.1 Å². The van der Waals surface area contributed by atoms with Crippen molar-refractivity contribution in [2.45, 2.75) is 12.3 Å². The smallest absolute Gasteiger partial charge is 0.267 e. The highest BCUT2D eigenvalue weighted by molar-refractivity contribution is 9.10. The highest BCUT2D eigenvalue weighted by Crippen LogP contribution is 2.40. The molecule has 1 saturated heterocycles. The highest BCUT2D eigenvalue weighted by Gasteiger charge is 2.33. The first-order valence-corrected chi connectivity index (χ1v) is 11.0. The third-order valence-electron chi connectivity index (χ3n) is 4.32. The van der Waals surface area contributed by atoms with Crippen LogP contribution >= 0.6 is 39.0 Å². The second-order valence-corrected chi connectivity index (χ2v) is 9.18. The fourth-order valence-corrected chi connectivity index (χ4v) is 5.56. The Balaban J connectivity index is 1.63. The molecule has 2 aromatic carbocycles. The van der Waals surface area contributed by atoms with E-state index >= 15 is 0 Å². The number of amides is 1. The van der Waals surface area contributed by atoms with E-state index in [-0.39, 0.29) is 11.3 Å². The SMILES string of the molecule is Cc1nc(-c2ccccc2)sc1C(=O)N1CCSC1c1ccc(Br)cc1. The van der Waals surface area contributed by atoms with Crippen molar-refractivity contribution in [2.24, 2.45) is 0 Å². The topological polar surface area (TPSA) is 33.2 Å². The number of hydrogen-bond acceptors (Lipinski definition) is 4. The van der Waals surface area contributed by atoms with Crippen molar-refractivity contribution >= 4 is 44.9 Å². The van der Waals surface area contributed by atoms with Gasteiger partial charge in [0.25, 0.3) is 5.91 Å². The molecule has 1 aromatic heterocycles. The zero-order chi connectivity index (χ0) is 18.1. The minimum absolute atomic E-state index is 0.0669. The number of carbonyl (C=O) groups is 1. The van der Waals surface area contributed by atoms with E-state index in [2.05, 4.69) is 33.0 Å². The molecule has 1 amide bonds. The maximum absolute atomic E-state index is 13.2. The number of hydrogen-bond donors (Lipinski definition) is 0. The summed E-state index contributed by atoms with van der Waals surface area (Å²) in [5, 5.41) is 0.968. The van der Waals surface area contributed by atoms with E-state index in [4.69, 9.17) is 0 Å². The predicted molar refractivity (Wildman–Crippen MR) is 113 cm³/mol.